The van der Waals surface area contributed by atoms with E-state index in [1.54, 1.807) is 17.5 Å². The summed E-state index contributed by atoms with van der Waals surface area (Å²) in [5.74, 6) is -0.266. The van der Waals surface area contributed by atoms with Crippen LogP contribution in [0, 0.1) is 0 Å². The molecule has 3 aromatic heterocycles. The summed E-state index contributed by atoms with van der Waals surface area (Å²) in [5, 5.41) is 15.2. The fraction of sp³-hybridized carbons (Fsp3) is 0.130. The number of amides is 1. The Hall–Kier alpha value is -3.83. The molecule has 0 saturated heterocycles. The largest absolute Gasteiger partial charge is 0.416 e. The van der Waals surface area contributed by atoms with E-state index in [0.29, 0.717) is 0 Å². The normalized spacial score (nSPS) is 13.3. The first-order valence-corrected chi connectivity index (χ1v) is 10.8. The van der Waals surface area contributed by atoms with Gasteiger partial charge in [-0.3, -0.25) is 14.2 Å². The first-order valence-electron chi connectivity index (χ1n) is 9.86. The lowest BCUT2D eigenvalue weighted by Gasteiger charge is -2.24. The Labute approximate surface area is 195 Å². The summed E-state index contributed by atoms with van der Waals surface area (Å²) in [6.45, 7) is 1.40. The zero-order chi connectivity index (χ0) is 24.5. The lowest BCUT2D eigenvalue weighted by atomic mass is 9.91. The Morgan fingerprint density at radius 1 is 1.09 bits per heavy atom. The van der Waals surface area contributed by atoms with Crippen LogP contribution in [0.3, 0.4) is 0 Å². The van der Waals surface area contributed by atoms with Crippen molar-refractivity contribution in [3.63, 3.8) is 0 Å². The van der Waals surface area contributed by atoms with Gasteiger partial charge in [-0.1, -0.05) is 18.2 Å². The predicted octanol–water partition coefficient (Wildman–Crippen LogP) is 4.22. The van der Waals surface area contributed by atoms with E-state index in [9.17, 15) is 27.9 Å². The van der Waals surface area contributed by atoms with Crippen molar-refractivity contribution in [2.75, 3.05) is 5.32 Å². The van der Waals surface area contributed by atoms with Gasteiger partial charge < -0.3 is 10.4 Å². The molecule has 7 nitrogen and oxygen atoms in total. The summed E-state index contributed by atoms with van der Waals surface area (Å²) < 4.78 is 39.8. The number of aliphatic hydroxyl groups is 1. The molecule has 0 aliphatic heterocycles. The van der Waals surface area contributed by atoms with Crippen LogP contribution in [0.25, 0.3) is 5.82 Å². The summed E-state index contributed by atoms with van der Waals surface area (Å²) in [5.41, 5.74) is -0.676. The predicted molar refractivity (Wildman–Crippen MR) is 120 cm³/mol. The number of aromatic nitrogens is 3. The van der Waals surface area contributed by atoms with Gasteiger partial charge in [0, 0.05) is 23.3 Å². The molecule has 3 heterocycles. The molecule has 0 saturated carbocycles. The van der Waals surface area contributed by atoms with Gasteiger partial charge >= 0.3 is 6.18 Å². The number of nitrogens with one attached hydrogen (secondary N) is 1. The van der Waals surface area contributed by atoms with Crippen molar-refractivity contribution in [3.05, 3.63) is 105 Å². The van der Waals surface area contributed by atoms with Gasteiger partial charge in [-0.2, -0.15) is 13.2 Å². The molecule has 174 valence electrons. The quantitative estimate of drug-likeness (QED) is 0.440. The highest BCUT2D eigenvalue weighted by atomic mass is 32.1. The third kappa shape index (κ3) is 4.75. The van der Waals surface area contributed by atoms with E-state index in [1.165, 1.54) is 64.9 Å². The first-order chi connectivity index (χ1) is 16.1. The van der Waals surface area contributed by atoms with Crippen LogP contribution in [-0.4, -0.2) is 25.5 Å². The molecule has 0 spiro atoms. The van der Waals surface area contributed by atoms with Gasteiger partial charge in [0.1, 0.15) is 17.1 Å². The van der Waals surface area contributed by atoms with Gasteiger partial charge in [0.15, 0.2) is 0 Å². The van der Waals surface area contributed by atoms with Crippen molar-refractivity contribution in [2.24, 2.45) is 0 Å². The van der Waals surface area contributed by atoms with Crippen LogP contribution in [0.4, 0.5) is 18.9 Å². The minimum atomic E-state index is -4.49. The second kappa shape index (κ2) is 8.84. The number of carbonyl (C=O) groups is 1. The monoisotopic (exact) mass is 486 g/mol. The van der Waals surface area contributed by atoms with Gasteiger partial charge in [-0.15, -0.1) is 11.3 Å². The number of pyridine rings is 2. The van der Waals surface area contributed by atoms with Crippen molar-refractivity contribution in [1.82, 2.24) is 14.5 Å². The molecule has 4 rings (SSSR count). The maximum atomic E-state index is 12.9. The fourth-order valence-corrected chi connectivity index (χ4v) is 3.76. The summed E-state index contributed by atoms with van der Waals surface area (Å²) >= 11 is 1.27. The van der Waals surface area contributed by atoms with Crippen LogP contribution >= 0.6 is 11.3 Å². The minimum Gasteiger partial charge on any atom is -0.379 e. The van der Waals surface area contributed by atoms with Crippen LogP contribution < -0.4 is 10.9 Å². The highest BCUT2D eigenvalue weighted by Crippen LogP contribution is 2.33. The number of hydrogen-bond donors (Lipinski definition) is 2. The number of anilines is 1. The van der Waals surface area contributed by atoms with Crippen LogP contribution in [0.2, 0.25) is 0 Å². The number of rotatable bonds is 5. The van der Waals surface area contributed by atoms with Crippen LogP contribution in [0.5, 0.6) is 0 Å². The second-order valence-corrected chi connectivity index (χ2v) is 8.20. The molecule has 0 radical (unpaired) electrons. The van der Waals surface area contributed by atoms with Crippen molar-refractivity contribution >= 4 is 22.9 Å². The molecule has 0 fully saturated rings. The van der Waals surface area contributed by atoms with E-state index >= 15 is 0 Å². The molecule has 4 aromatic rings. The van der Waals surface area contributed by atoms with Gasteiger partial charge in [0.25, 0.3) is 11.5 Å². The summed E-state index contributed by atoms with van der Waals surface area (Å²) in [7, 11) is 0. The summed E-state index contributed by atoms with van der Waals surface area (Å²) in [6, 6.07) is 11.5. The minimum absolute atomic E-state index is 0.137. The Morgan fingerprint density at radius 3 is 2.41 bits per heavy atom. The second-order valence-electron chi connectivity index (χ2n) is 7.48. The first kappa shape index (κ1) is 23.3. The average molecular weight is 486 g/mol. The topological polar surface area (TPSA) is 97.1 Å². The molecule has 1 atom stereocenters. The standard InChI is InChI=1S/C23H17F3N4O3S/c1-22(33,14-5-7-15(8-6-14)23(24,25)26)18-3-2-4-19(29-18)30-10-9-16(11-20(30)31)28-21(32)17-12-34-13-27-17/h2-13,33H,1H3,(H,28,32). The summed E-state index contributed by atoms with van der Waals surface area (Å²) in [6.07, 6.45) is -3.08. The molecule has 1 amide bonds. The van der Waals surface area contributed by atoms with Crippen LogP contribution in [0.1, 0.15) is 34.2 Å². The van der Waals surface area contributed by atoms with Gasteiger partial charge in [0.05, 0.1) is 16.8 Å². The number of hydrogen-bond acceptors (Lipinski definition) is 6. The number of alkyl halides is 3. The summed E-state index contributed by atoms with van der Waals surface area (Å²) in [4.78, 5) is 33.0. The number of nitrogens with zero attached hydrogens (tertiary/aromatic N) is 3. The molecule has 1 aromatic carbocycles. The van der Waals surface area contributed by atoms with Crippen LogP contribution in [-0.2, 0) is 11.8 Å². The maximum Gasteiger partial charge on any atom is 0.416 e. The van der Waals surface area contributed by atoms with E-state index < -0.39 is 28.8 Å². The lowest BCUT2D eigenvalue weighted by molar-refractivity contribution is -0.137. The van der Waals surface area contributed by atoms with Gasteiger partial charge in [-0.05, 0) is 42.8 Å². The van der Waals surface area contributed by atoms with E-state index in [1.807, 2.05) is 0 Å². The molecular formula is C23H17F3N4O3S. The molecule has 0 bridgehead atoms. The molecule has 2 N–H and O–H groups in total. The van der Waals surface area contributed by atoms with Gasteiger partial charge in [0.2, 0.25) is 0 Å². The van der Waals surface area contributed by atoms with E-state index in [-0.39, 0.29) is 28.5 Å². The molecule has 34 heavy (non-hydrogen) atoms. The molecule has 11 heteroatoms. The third-order valence-corrected chi connectivity index (χ3v) is 5.68. The number of thiazole rings is 1. The van der Waals surface area contributed by atoms with Crippen molar-refractivity contribution in [3.8, 4) is 5.82 Å². The lowest BCUT2D eigenvalue weighted by Crippen LogP contribution is -2.26. The van der Waals surface area contributed by atoms with Crippen LogP contribution in [0.15, 0.2) is 76.5 Å². The highest BCUT2D eigenvalue weighted by molar-refractivity contribution is 7.07. The SMILES string of the molecule is CC(O)(c1ccc(C(F)(F)F)cc1)c1cccc(-n2ccc(NC(=O)c3cscn3)cc2=O)n1. The molecular weight excluding hydrogens is 469 g/mol. The molecule has 0 aliphatic carbocycles. The number of halogens is 3. The van der Waals surface area contributed by atoms with Crippen molar-refractivity contribution in [2.45, 2.75) is 18.7 Å². The Balaban J connectivity index is 1.60. The van der Waals surface area contributed by atoms with Crippen molar-refractivity contribution < 1.29 is 23.1 Å². The average Bonchev–Trinajstić information content (AvgIpc) is 3.34. The number of carbonyl (C=O) groups excluding carboxylic acids is 1. The van der Waals surface area contributed by atoms with E-state index in [4.69, 9.17) is 0 Å². The third-order valence-electron chi connectivity index (χ3n) is 5.10. The van der Waals surface area contributed by atoms with Crippen molar-refractivity contribution in [1.29, 1.82) is 0 Å². The van der Waals surface area contributed by atoms with E-state index in [2.05, 4.69) is 15.3 Å². The molecule has 1 unspecified atom stereocenters. The Morgan fingerprint density at radius 2 is 1.79 bits per heavy atom. The fourth-order valence-electron chi connectivity index (χ4n) is 3.23. The molecule has 0 aliphatic rings. The zero-order valence-electron chi connectivity index (χ0n) is 17.6. The maximum absolute atomic E-state index is 12.9. The van der Waals surface area contributed by atoms with Gasteiger partial charge in [-0.25, -0.2) is 9.97 Å². The van der Waals surface area contributed by atoms with E-state index in [0.717, 1.165) is 12.1 Å². The zero-order valence-corrected chi connectivity index (χ0v) is 18.4. The Bertz CT molecular complexity index is 1380. The smallest absolute Gasteiger partial charge is 0.379 e. The number of benzene rings is 1. The highest BCUT2D eigenvalue weighted by Gasteiger charge is 2.32. The Kier molecular flexibility index (Phi) is 6.07.